The lowest BCUT2D eigenvalue weighted by atomic mass is 9.93. The van der Waals surface area contributed by atoms with E-state index in [2.05, 4.69) is 17.6 Å². The van der Waals surface area contributed by atoms with Crippen LogP contribution in [0.3, 0.4) is 0 Å². The molecule has 0 saturated heterocycles. The largest absolute Gasteiger partial charge is 0.379 e. The van der Waals surface area contributed by atoms with Gasteiger partial charge >= 0.3 is 0 Å². The molecule has 0 rings (SSSR count). The number of unbranched alkanes of at least 4 members (excludes halogenated alkanes) is 2. The Labute approximate surface area is 199 Å². The van der Waals surface area contributed by atoms with Crippen LogP contribution in [0.25, 0.3) is 0 Å². The molecule has 9 heteroatoms. The molecule has 0 aromatic heterocycles. The zero-order valence-corrected chi connectivity index (χ0v) is 21.0. The van der Waals surface area contributed by atoms with E-state index in [1.54, 1.807) is 0 Å². The summed E-state index contributed by atoms with van der Waals surface area (Å²) in [6.45, 7) is 9.65. The van der Waals surface area contributed by atoms with E-state index < -0.39 is 0 Å². The molecule has 33 heavy (non-hydrogen) atoms. The number of rotatable bonds is 24. The van der Waals surface area contributed by atoms with Crippen LogP contribution in [0.15, 0.2) is 0 Å². The van der Waals surface area contributed by atoms with E-state index in [1.807, 2.05) is 13.8 Å². The fourth-order valence-electron chi connectivity index (χ4n) is 3.01. The number of Topliss-reactive ketones (excluding diaryl/α,β-unsaturated/α-hetero) is 1. The fraction of sp³-hybridized carbons (Fsp3) is 0.875. The lowest BCUT2D eigenvalue weighted by molar-refractivity contribution is -0.127. The van der Waals surface area contributed by atoms with Gasteiger partial charge in [0.2, 0.25) is 11.8 Å². The molecule has 0 heterocycles. The van der Waals surface area contributed by atoms with Crippen molar-refractivity contribution in [3.05, 3.63) is 0 Å². The number of ketones is 1. The maximum absolute atomic E-state index is 11.7. The minimum Gasteiger partial charge on any atom is -0.379 e. The van der Waals surface area contributed by atoms with Crippen molar-refractivity contribution in [2.75, 3.05) is 65.9 Å². The summed E-state index contributed by atoms with van der Waals surface area (Å²) in [5.74, 6) is 0.125. The highest BCUT2D eigenvalue weighted by Gasteiger charge is 2.13. The molecule has 194 valence electrons. The predicted molar refractivity (Wildman–Crippen MR) is 127 cm³/mol. The summed E-state index contributed by atoms with van der Waals surface area (Å²) in [5, 5.41) is 5.52. The highest BCUT2D eigenvalue weighted by molar-refractivity contribution is 5.80. The second-order valence-electron chi connectivity index (χ2n) is 7.80. The Morgan fingerprint density at radius 2 is 1.24 bits per heavy atom. The standard InChI is InChI=1S/C24H46N2O7/c1-4-7-13-30-15-17-32-20-24(29)26-12-14-31-16-18-33-19-23(28)25-11-9-8-10-21(5-2)22(27)6-3/h21H,4-20H2,1-3H3,(H,25,28)(H,26,29)/t21-/m0/s1. The first-order chi connectivity index (χ1) is 16.0. The molecular formula is C24H46N2O7. The van der Waals surface area contributed by atoms with Gasteiger partial charge in [0.05, 0.1) is 33.0 Å². The Balaban J connectivity index is 3.41. The van der Waals surface area contributed by atoms with Crippen molar-refractivity contribution >= 4 is 17.6 Å². The molecule has 0 aromatic carbocycles. The Morgan fingerprint density at radius 3 is 1.82 bits per heavy atom. The lowest BCUT2D eigenvalue weighted by Gasteiger charge is -2.12. The normalized spacial score (nSPS) is 11.8. The first-order valence-electron chi connectivity index (χ1n) is 12.4. The number of amides is 2. The van der Waals surface area contributed by atoms with Crippen molar-refractivity contribution < 1.29 is 33.3 Å². The molecule has 0 radical (unpaired) electrons. The number of carbonyl (C=O) groups excluding carboxylic acids is 3. The monoisotopic (exact) mass is 474 g/mol. The topological polar surface area (TPSA) is 112 Å². The van der Waals surface area contributed by atoms with Crippen LogP contribution in [-0.2, 0) is 33.3 Å². The zero-order chi connectivity index (χ0) is 24.6. The summed E-state index contributed by atoms with van der Waals surface area (Å²) in [4.78, 5) is 35.1. The van der Waals surface area contributed by atoms with Gasteiger partial charge in [-0.05, 0) is 25.7 Å². The summed E-state index contributed by atoms with van der Waals surface area (Å²) in [6.07, 6.45) is 6.26. The van der Waals surface area contributed by atoms with Gasteiger partial charge in [-0.25, -0.2) is 0 Å². The molecule has 1 atom stereocenters. The average Bonchev–Trinajstić information content (AvgIpc) is 2.82. The van der Waals surface area contributed by atoms with Gasteiger partial charge in [0.15, 0.2) is 0 Å². The molecule has 0 fully saturated rings. The summed E-state index contributed by atoms with van der Waals surface area (Å²) in [6, 6.07) is 0. The van der Waals surface area contributed by atoms with Gasteiger partial charge in [-0.2, -0.15) is 0 Å². The molecule has 0 aromatic rings. The minimum absolute atomic E-state index is 0.00537. The average molecular weight is 475 g/mol. The summed E-state index contributed by atoms with van der Waals surface area (Å²) in [7, 11) is 0. The molecule has 0 aliphatic rings. The predicted octanol–water partition coefficient (Wildman–Crippen LogP) is 2.26. The molecule has 9 nitrogen and oxygen atoms in total. The first-order valence-corrected chi connectivity index (χ1v) is 12.4. The second kappa shape index (κ2) is 23.6. The van der Waals surface area contributed by atoms with Crippen molar-refractivity contribution in [2.45, 2.75) is 65.7 Å². The highest BCUT2D eigenvalue weighted by atomic mass is 16.5. The van der Waals surface area contributed by atoms with E-state index in [0.717, 1.165) is 45.1 Å². The Kier molecular flexibility index (Phi) is 22.5. The Bertz CT molecular complexity index is 503. The third-order valence-corrected chi connectivity index (χ3v) is 5.02. The summed E-state index contributed by atoms with van der Waals surface area (Å²) < 4.78 is 21.2. The smallest absolute Gasteiger partial charge is 0.246 e. The molecule has 2 N–H and O–H groups in total. The van der Waals surface area contributed by atoms with Crippen molar-refractivity contribution in [3.63, 3.8) is 0 Å². The maximum atomic E-state index is 11.7. The first kappa shape index (κ1) is 31.4. The van der Waals surface area contributed by atoms with Gasteiger partial charge in [0.1, 0.15) is 19.0 Å². The van der Waals surface area contributed by atoms with Crippen LogP contribution in [0.5, 0.6) is 0 Å². The van der Waals surface area contributed by atoms with E-state index >= 15 is 0 Å². The quantitative estimate of drug-likeness (QED) is 0.206. The van der Waals surface area contributed by atoms with Crippen molar-refractivity contribution in [3.8, 4) is 0 Å². The molecular weight excluding hydrogens is 428 g/mol. The van der Waals surface area contributed by atoms with Crippen LogP contribution in [0.4, 0.5) is 0 Å². The highest BCUT2D eigenvalue weighted by Crippen LogP contribution is 2.14. The van der Waals surface area contributed by atoms with Crippen molar-refractivity contribution in [1.82, 2.24) is 10.6 Å². The number of nitrogens with one attached hydrogen (secondary N) is 2. The van der Waals surface area contributed by atoms with Gasteiger partial charge in [-0.15, -0.1) is 0 Å². The zero-order valence-electron chi connectivity index (χ0n) is 21.0. The van der Waals surface area contributed by atoms with Gasteiger partial charge in [-0.1, -0.05) is 33.6 Å². The number of hydrogen-bond acceptors (Lipinski definition) is 7. The Hall–Kier alpha value is -1.55. The summed E-state index contributed by atoms with van der Waals surface area (Å²) in [5.41, 5.74) is 0. The number of ether oxygens (including phenoxy) is 4. The van der Waals surface area contributed by atoms with Crippen LogP contribution >= 0.6 is 0 Å². The van der Waals surface area contributed by atoms with Gasteiger partial charge in [0, 0.05) is 32.0 Å². The van der Waals surface area contributed by atoms with Gasteiger partial charge < -0.3 is 29.6 Å². The number of hydrogen-bond donors (Lipinski definition) is 2. The molecule has 0 bridgehead atoms. The van der Waals surface area contributed by atoms with E-state index in [9.17, 15) is 14.4 Å². The van der Waals surface area contributed by atoms with E-state index in [4.69, 9.17) is 18.9 Å². The van der Waals surface area contributed by atoms with Gasteiger partial charge in [-0.3, -0.25) is 14.4 Å². The minimum atomic E-state index is -0.192. The van der Waals surface area contributed by atoms with E-state index in [-0.39, 0.29) is 30.9 Å². The lowest BCUT2D eigenvalue weighted by Crippen LogP contribution is -2.31. The molecule has 0 unspecified atom stereocenters. The third-order valence-electron chi connectivity index (χ3n) is 5.02. The van der Waals surface area contributed by atoms with Crippen LogP contribution in [0.1, 0.15) is 65.7 Å². The summed E-state index contributed by atoms with van der Waals surface area (Å²) >= 11 is 0. The molecule has 0 aliphatic carbocycles. The van der Waals surface area contributed by atoms with Crippen molar-refractivity contribution in [2.24, 2.45) is 5.92 Å². The SMILES string of the molecule is CCCCOCCOCC(=O)NCCOCCOCC(=O)NCCCC[C@H](CC)C(=O)CC. The second-order valence-corrected chi connectivity index (χ2v) is 7.80. The molecule has 0 spiro atoms. The molecule has 2 amide bonds. The van der Waals surface area contributed by atoms with Gasteiger partial charge in [0.25, 0.3) is 0 Å². The molecule has 0 aliphatic heterocycles. The fourth-order valence-corrected chi connectivity index (χ4v) is 3.01. The van der Waals surface area contributed by atoms with E-state index in [0.29, 0.717) is 58.3 Å². The van der Waals surface area contributed by atoms with Crippen LogP contribution in [0.2, 0.25) is 0 Å². The van der Waals surface area contributed by atoms with Crippen molar-refractivity contribution in [1.29, 1.82) is 0 Å². The van der Waals surface area contributed by atoms with Crippen LogP contribution in [-0.4, -0.2) is 83.5 Å². The Morgan fingerprint density at radius 1 is 0.667 bits per heavy atom. The maximum Gasteiger partial charge on any atom is 0.246 e. The van der Waals surface area contributed by atoms with E-state index in [1.165, 1.54) is 0 Å². The van der Waals surface area contributed by atoms with Crippen LogP contribution < -0.4 is 10.6 Å². The third kappa shape index (κ3) is 20.8. The molecule has 0 saturated carbocycles. The van der Waals surface area contributed by atoms with Crippen LogP contribution in [0, 0.1) is 5.92 Å². The number of carbonyl (C=O) groups is 3.